The standard InChI is InChI=1S/C12H18N4O3/c1-2-5-10(11(17)18)15-12(19)13-6-3-8-16-9-4-7-14-16/h2,4,7,9-10H,1,3,5-6,8H2,(H,17,18)(H2,13,15,19). The van der Waals surface area contributed by atoms with E-state index in [9.17, 15) is 9.59 Å². The maximum absolute atomic E-state index is 11.5. The number of amides is 2. The van der Waals surface area contributed by atoms with Crippen LogP contribution in [0.4, 0.5) is 4.79 Å². The lowest BCUT2D eigenvalue weighted by atomic mass is 10.2. The summed E-state index contributed by atoms with van der Waals surface area (Å²) in [5, 5.41) is 17.8. The molecule has 0 spiro atoms. The number of carbonyl (C=O) groups excluding carboxylic acids is 1. The second-order valence-electron chi connectivity index (χ2n) is 3.94. The molecule has 1 atom stereocenters. The maximum Gasteiger partial charge on any atom is 0.326 e. The van der Waals surface area contributed by atoms with Crippen molar-refractivity contribution in [3.8, 4) is 0 Å². The van der Waals surface area contributed by atoms with Crippen molar-refractivity contribution in [3.63, 3.8) is 0 Å². The zero-order valence-corrected chi connectivity index (χ0v) is 10.6. The number of carboxylic acids is 1. The van der Waals surface area contributed by atoms with Crippen molar-refractivity contribution in [1.29, 1.82) is 0 Å². The van der Waals surface area contributed by atoms with E-state index in [1.165, 1.54) is 6.08 Å². The number of urea groups is 1. The van der Waals surface area contributed by atoms with Crippen molar-refractivity contribution in [2.24, 2.45) is 0 Å². The topological polar surface area (TPSA) is 96.3 Å². The molecule has 3 N–H and O–H groups in total. The molecule has 7 heteroatoms. The Hall–Kier alpha value is -2.31. The molecule has 0 radical (unpaired) electrons. The first-order valence-corrected chi connectivity index (χ1v) is 5.99. The van der Waals surface area contributed by atoms with Crippen molar-refractivity contribution >= 4 is 12.0 Å². The second kappa shape index (κ2) is 7.91. The molecule has 1 heterocycles. The van der Waals surface area contributed by atoms with E-state index >= 15 is 0 Å². The summed E-state index contributed by atoms with van der Waals surface area (Å²) in [6.45, 7) is 4.60. The fraction of sp³-hybridized carbons (Fsp3) is 0.417. The quantitative estimate of drug-likeness (QED) is 0.474. The number of nitrogens with zero attached hydrogens (tertiary/aromatic N) is 2. The predicted octanol–water partition coefficient (Wildman–Crippen LogP) is 0.602. The highest BCUT2D eigenvalue weighted by molar-refractivity contribution is 5.82. The lowest BCUT2D eigenvalue weighted by Crippen LogP contribution is -2.46. The molecule has 0 aliphatic carbocycles. The molecule has 1 aromatic heterocycles. The van der Waals surface area contributed by atoms with Crippen LogP contribution >= 0.6 is 0 Å². The van der Waals surface area contributed by atoms with Crippen molar-refractivity contribution < 1.29 is 14.7 Å². The van der Waals surface area contributed by atoms with Gasteiger partial charge in [0.1, 0.15) is 6.04 Å². The molecule has 0 saturated heterocycles. The minimum absolute atomic E-state index is 0.191. The summed E-state index contributed by atoms with van der Waals surface area (Å²) in [6.07, 6.45) is 5.89. The average Bonchev–Trinajstić information content (AvgIpc) is 2.87. The number of aliphatic carboxylic acids is 1. The number of carboxylic acid groups (broad SMARTS) is 1. The van der Waals surface area contributed by atoms with Gasteiger partial charge in [0.25, 0.3) is 0 Å². The summed E-state index contributed by atoms with van der Waals surface area (Å²) in [6, 6.07) is 0.394. The summed E-state index contributed by atoms with van der Waals surface area (Å²) < 4.78 is 1.76. The van der Waals surface area contributed by atoms with Crippen LogP contribution in [-0.4, -0.2) is 39.5 Å². The smallest absolute Gasteiger partial charge is 0.326 e. The Labute approximate surface area is 111 Å². The van der Waals surface area contributed by atoms with Gasteiger partial charge in [0, 0.05) is 25.5 Å². The van der Waals surface area contributed by atoms with Gasteiger partial charge in [-0.3, -0.25) is 4.68 Å². The van der Waals surface area contributed by atoms with Gasteiger partial charge in [0.2, 0.25) is 0 Å². The molecule has 0 aliphatic rings. The average molecular weight is 266 g/mol. The molecule has 104 valence electrons. The van der Waals surface area contributed by atoms with E-state index in [4.69, 9.17) is 5.11 Å². The molecule has 7 nitrogen and oxygen atoms in total. The molecule has 1 rings (SSSR count). The van der Waals surface area contributed by atoms with Crippen LogP contribution in [0.2, 0.25) is 0 Å². The van der Waals surface area contributed by atoms with Crippen molar-refractivity contribution in [3.05, 3.63) is 31.1 Å². The Morgan fingerprint density at radius 2 is 2.32 bits per heavy atom. The Morgan fingerprint density at radius 1 is 1.53 bits per heavy atom. The molecule has 0 bridgehead atoms. The SMILES string of the molecule is C=CCC(NC(=O)NCCCn1cccn1)C(=O)O. The fourth-order valence-electron chi connectivity index (χ4n) is 1.47. The number of carbonyl (C=O) groups is 2. The third kappa shape index (κ3) is 5.71. The van der Waals surface area contributed by atoms with E-state index in [0.717, 1.165) is 0 Å². The van der Waals surface area contributed by atoms with Gasteiger partial charge >= 0.3 is 12.0 Å². The van der Waals surface area contributed by atoms with Gasteiger partial charge in [-0.15, -0.1) is 6.58 Å². The van der Waals surface area contributed by atoms with Crippen molar-refractivity contribution in [2.75, 3.05) is 6.54 Å². The first-order chi connectivity index (χ1) is 9.13. The van der Waals surface area contributed by atoms with Crippen molar-refractivity contribution in [1.82, 2.24) is 20.4 Å². The lowest BCUT2D eigenvalue weighted by Gasteiger charge is -2.13. The van der Waals surface area contributed by atoms with Crippen LogP contribution < -0.4 is 10.6 Å². The van der Waals surface area contributed by atoms with Crippen LogP contribution in [0, 0.1) is 0 Å². The highest BCUT2D eigenvalue weighted by Crippen LogP contribution is 1.93. The van der Waals surface area contributed by atoms with Crippen LogP contribution in [0.15, 0.2) is 31.1 Å². The second-order valence-corrected chi connectivity index (χ2v) is 3.94. The third-order valence-electron chi connectivity index (χ3n) is 2.41. The highest BCUT2D eigenvalue weighted by atomic mass is 16.4. The maximum atomic E-state index is 11.5. The molecule has 19 heavy (non-hydrogen) atoms. The Bertz CT molecular complexity index is 417. The molecule has 0 fully saturated rings. The third-order valence-corrected chi connectivity index (χ3v) is 2.41. The van der Waals surface area contributed by atoms with E-state index in [1.807, 2.05) is 12.3 Å². The van der Waals surface area contributed by atoms with Crippen LogP contribution in [0.25, 0.3) is 0 Å². The van der Waals surface area contributed by atoms with Gasteiger partial charge in [-0.2, -0.15) is 5.10 Å². The van der Waals surface area contributed by atoms with Crippen LogP contribution in [0.1, 0.15) is 12.8 Å². The predicted molar refractivity (Wildman–Crippen MR) is 69.6 cm³/mol. The van der Waals surface area contributed by atoms with Crippen LogP contribution in [0.3, 0.4) is 0 Å². The summed E-state index contributed by atoms with van der Waals surface area (Å²) in [5.74, 6) is -1.08. The normalized spacial score (nSPS) is 11.6. The van der Waals surface area contributed by atoms with Gasteiger partial charge < -0.3 is 15.7 Å². The monoisotopic (exact) mass is 266 g/mol. The summed E-state index contributed by atoms with van der Waals surface area (Å²) in [4.78, 5) is 22.3. The molecule has 0 aliphatic heterocycles. The first-order valence-electron chi connectivity index (χ1n) is 5.99. The first kappa shape index (κ1) is 14.7. The highest BCUT2D eigenvalue weighted by Gasteiger charge is 2.17. The lowest BCUT2D eigenvalue weighted by molar-refractivity contribution is -0.139. The summed E-state index contributed by atoms with van der Waals surface area (Å²) in [5.41, 5.74) is 0. The minimum atomic E-state index is -1.08. The number of hydrogen-bond donors (Lipinski definition) is 3. The number of aromatic nitrogens is 2. The van der Waals surface area contributed by atoms with E-state index < -0.39 is 18.0 Å². The van der Waals surface area contributed by atoms with E-state index in [-0.39, 0.29) is 6.42 Å². The number of nitrogens with one attached hydrogen (secondary N) is 2. The van der Waals surface area contributed by atoms with Gasteiger partial charge in [0.05, 0.1) is 0 Å². The summed E-state index contributed by atoms with van der Waals surface area (Å²) >= 11 is 0. The number of aryl methyl sites for hydroxylation is 1. The molecule has 1 unspecified atom stereocenters. The zero-order chi connectivity index (χ0) is 14.1. The molecule has 1 aromatic rings. The van der Waals surface area contributed by atoms with Gasteiger partial charge in [0.15, 0.2) is 0 Å². The summed E-state index contributed by atoms with van der Waals surface area (Å²) in [7, 11) is 0. The number of rotatable bonds is 8. The molecule has 0 aromatic carbocycles. The molecule has 2 amide bonds. The Kier molecular flexibility index (Phi) is 6.14. The molecular formula is C12H18N4O3. The van der Waals surface area contributed by atoms with Gasteiger partial charge in [-0.05, 0) is 18.9 Å². The van der Waals surface area contributed by atoms with E-state index in [1.54, 1.807) is 10.9 Å². The Balaban J connectivity index is 2.19. The number of hydrogen-bond acceptors (Lipinski definition) is 3. The largest absolute Gasteiger partial charge is 0.480 e. The minimum Gasteiger partial charge on any atom is -0.480 e. The molecule has 0 saturated carbocycles. The van der Waals surface area contributed by atoms with Gasteiger partial charge in [-0.25, -0.2) is 9.59 Å². The van der Waals surface area contributed by atoms with Crippen molar-refractivity contribution in [2.45, 2.75) is 25.4 Å². The van der Waals surface area contributed by atoms with Crippen LogP contribution in [-0.2, 0) is 11.3 Å². The fourth-order valence-corrected chi connectivity index (χ4v) is 1.47. The molecular weight excluding hydrogens is 248 g/mol. The Morgan fingerprint density at radius 3 is 2.89 bits per heavy atom. The zero-order valence-electron chi connectivity index (χ0n) is 10.6. The van der Waals surface area contributed by atoms with E-state index in [0.29, 0.717) is 19.5 Å². The van der Waals surface area contributed by atoms with Crippen LogP contribution in [0.5, 0.6) is 0 Å². The van der Waals surface area contributed by atoms with Gasteiger partial charge in [-0.1, -0.05) is 6.08 Å². The van der Waals surface area contributed by atoms with E-state index in [2.05, 4.69) is 22.3 Å².